The topological polar surface area (TPSA) is 112 Å². The van der Waals surface area contributed by atoms with Crippen LogP contribution < -0.4 is 25.5 Å². The number of aliphatic hydroxyl groups is 1. The van der Waals surface area contributed by atoms with Crippen molar-refractivity contribution in [2.24, 2.45) is 11.3 Å². The standard InChI is InChI=1S/C39H49F2N5O5/c1-3-27-30(40)8-7-25-16-26(47)17-28(32(25)27)34-33(41)35-29(18-42-34)36(46-13-15-50-22-38(2,48)21-46)44-37(43-35)51-23-39-10-4-6-31(39)45(12-5-11-39)19-24-9-14-49-20-24/h7-8,16-18,24,31,34,42,47-48H,3-6,9-15,19-23H2,1-2H3/t24?,31?,34?,38-,39+/m0/s1. The Bertz CT molecular complexity index is 1920. The van der Waals surface area contributed by atoms with Crippen molar-refractivity contribution >= 4 is 28.6 Å². The maximum Gasteiger partial charge on any atom is 0.319 e. The maximum atomic E-state index is 17.1. The van der Waals surface area contributed by atoms with Gasteiger partial charge in [0.05, 0.1) is 38.2 Å². The average Bonchev–Trinajstić information content (AvgIpc) is 3.75. The van der Waals surface area contributed by atoms with E-state index in [0.717, 1.165) is 64.8 Å². The fraction of sp³-hybridized carbons (Fsp3) is 0.590. The number of anilines is 1. The number of rotatable bonds is 8. The van der Waals surface area contributed by atoms with Gasteiger partial charge in [0.25, 0.3) is 0 Å². The van der Waals surface area contributed by atoms with E-state index >= 15 is 8.78 Å². The molecule has 0 radical (unpaired) electrons. The quantitative estimate of drug-likeness (QED) is 0.320. The van der Waals surface area contributed by atoms with Gasteiger partial charge in [-0.15, -0.1) is 0 Å². The fourth-order valence-corrected chi connectivity index (χ4v) is 9.45. The average molecular weight is 706 g/mol. The fourth-order valence-electron chi connectivity index (χ4n) is 9.45. The third kappa shape index (κ3) is 6.53. The summed E-state index contributed by atoms with van der Waals surface area (Å²) >= 11 is 0. The first-order chi connectivity index (χ1) is 24.6. The number of phenolic OH excluding ortho intramolecular Hbond substituents is 1. The van der Waals surface area contributed by atoms with E-state index in [1.54, 1.807) is 25.3 Å². The Morgan fingerprint density at radius 3 is 2.76 bits per heavy atom. The Kier molecular flexibility index (Phi) is 9.31. The molecule has 1 aromatic heterocycles. The summed E-state index contributed by atoms with van der Waals surface area (Å²) in [5.74, 6) is -0.00570. The summed E-state index contributed by atoms with van der Waals surface area (Å²) < 4.78 is 50.2. The van der Waals surface area contributed by atoms with Gasteiger partial charge in [0.15, 0.2) is 5.83 Å². The van der Waals surface area contributed by atoms with Gasteiger partial charge in [-0.3, -0.25) is 4.90 Å². The molecule has 51 heavy (non-hydrogen) atoms. The number of aryl methyl sites for hydroxylation is 1. The summed E-state index contributed by atoms with van der Waals surface area (Å²) in [6, 6.07) is 5.49. The van der Waals surface area contributed by atoms with E-state index in [2.05, 4.69) is 10.2 Å². The molecule has 3 unspecified atom stereocenters. The van der Waals surface area contributed by atoms with Crippen LogP contribution in [0.2, 0.25) is 0 Å². The molecule has 8 rings (SSSR count). The van der Waals surface area contributed by atoms with Crippen molar-refractivity contribution in [2.45, 2.75) is 76.5 Å². The Morgan fingerprint density at radius 2 is 1.94 bits per heavy atom. The summed E-state index contributed by atoms with van der Waals surface area (Å²) in [5.41, 5.74) is -0.335. The zero-order chi connectivity index (χ0) is 35.3. The first kappa shape index (κ1) is 34.5. The van der Waals surface area contributed by atoms with Gasteiger partial charge >= 0.3 is 6.01 Å². The summed E-state index contributed by atoms with van der Waals surface area (Å²) in [7, 11) is 0. The number of hydrogen-bond acceptors (Lipinski definition) is 10. The number of halogens is 2. The lowest BCUT2D eigenvalue weighted by molar-refractivity contribution is -0.0124. The molecular weight excluding hydrogens is 656 g/mol. The Hall–Kier alpha value is -3.58. The predicted octanol–water partition coefficient (Wildman–Crippen LogP) is 3.83. The highest BCUT2D eigenvalue weighted by Gasteiger charge is 2.49. The van der Waals surface area contributed by atoms with Crippen molar-refractivity contribution in [1.29, 1.82) is 0 Å². The second-order valence-corrected chi connectivity index (χ2v) is 15.6. The van der Waals surface area contributed by atoms with Gasteiger partial charge in [-0.25, -0.2) is 8.78 Å². The molecule has 1 saturated carbocycles. The molecule has 4 fully saturated rings. The van der Waals surface area contributed by atoms with E-state index in [9.17, 15) is 10.2 Å². The number of nitrogens with zero attached hydrogens (tertiary/aromatic N) is 4. The third-order valence-electron chi connectivity index (χ3n) is 11.8. The Labute approximate surface area is 297 Å². The highest BCUT2D eigenvalue weighted by Crippen LogP contribution is 2.48. The number of fused-ring (bicyclic) bond motifs is 3. The van der Waals surface area contributed by atoms with Crippen molar-refractivity contribution in [3.05, 3.63) is 51.8 Å². The molecule has 5 heterocycles. The largest absolute Gasteiger partial charge is 0.508 e. The zero-order valence-corrected chi connectivity index (χ0v) is 29.6. The van der Waals surface area contributed by atoms with Crippen molar-refractivity contribution < 1.29 is 33.2 Å². The monoisotopic (exact) mass is 705 g/mol. The van der Waals surface area contributed by atoms with Gasteiger partial charge in [0.1, 0.15) is 34.4 Å². The van der Waals surface area contributed by atoms with Gasteiger partial charge in [0.2, 0.25) is 0 Å². The number of piperidine rings is 1. The second kappa shape index (κ2) is 13.8. The molecule has 5 aliphatic rings. The van der Waals surface area contributed by atoms with E-state index in [4.69, 9.17) is 24.2 Å². The van der Waals surface area contributed by atoms with Gasteiger partial charge < -0.3 is 34.6 Å². The molecule has 2 aromatic carbocycles. The summed E-state index contributed by atoms with van der Waals surface area (Å²) in [5, 5.41) is 26.7. The summed E-state index contributed by atoms with van der Waals surface area (Å²) in [4.78, 5) is 14.2. The lowest BCUT2D eigenvalue weighted by Gasteiger charge is -2.46. The number of benzene rings is 2. The van der Waals surface area contributed by atoms with Crippen LogP contribution in [0.25, 0.3) is 22.8 Å². The highest BCUT2D eigenvalue weighted by molar-refractivity contribution is 5.92. The number of likely N-dealkylation sites (tertiary alicyclic amines) is 1. The number of ether oxygens (including phenoxy) is 3. The lowest BCUT2D eigenvalue weighted by atomic mass is 9.75. The van der Waals surface area contributed by atoms with Crippen LogP contribution in [0.1, 0.15) is 69.5 Å². The van der Waals surface area contributed by atoms with E-state index in [1.807, 2.05) is 11.8 Å². The minimum Gasteiger partial charge on any atom is -0.508 e. The molecule has 4 aliphatic heterocycles. The van der Waals surface area contributed by atoms with E-state index in [0.29, 0.717) is 71.1 Å². The van der Waals surface area contributed by atoms with Crippen LogP contribution in [0.4, 0.5) is 14.6 Å². The number of aromatic nitrogens is 2. The number of β-amino-alcohol motifs (C(OH)–C–C–N with tert-alkyl or cyclic N) is 1. The molecular formula is C39H49F2N5O5. The van der Waals surface area contributed by atoms with Gasteiger partial charge in [-0.1, -0.05) is 19.4 Å². The van der Waals surface area contributed by atoms with Crippen LogP contribution in [-0.2, 0) is 15.9 Å². The second-order valence-electron chi connectivity index (χ2n) is 15.6. The molecule has 10 nitrogen and oxygen atoms in total. The van der Waals surface area contributed by atoms with Gasteiger partial charge in [-0.05, 0) is 98.0 Å². The Morgan fingerprint density at radius 1 is 1.08 bits per heavy atom. The van der Waals surface area contributed by atoms with Crippen LogP contribution in [0, 0.1) is 17.2 Å². The zero-order valence-electron chi connectivity index (χ0n) is 29.6. The summed E-state index contributed by atoms with van der Waals surface area (Å²) in [6.45, 7) is 8.97. The van der Waals surface area contributed by atoms with E-state index < -0.39 is 17.5 Å². The maximum absolute atomic E-state index is 17.1. The number of aromatic hydroxyl groups is 1. The molecule has 0 spiro atoms. The first-order valence-electron chi connectivity index (χ1n) is 18.6. The van der Waals surface area contributed by atoms with Crippen molar-refractivity contribution in [2.75, 3.05) is 64.1 Å². The van der Waals surface area contributed by atoms with Gasteiger partial charge in [0, 0.05) is 37.4 Å². The normalized spacial score (nSPS) is 29.7. The molecule has 3 N–H and O–H groups in total. The minimum atomic E-state index is -1.16. The van der Waals surface area contributed by atoms with Crippen molar-refractivity contribution in [1.82, 2.24) is 20.2 Å². The number of phenols is 1. The van der Waals surface area contributed by atoms with Crippen LogP contribution in [0.5, 0.6) is 11.8 Å². The van der Waals surface area contributed by atoms with Crippen LogP contribution in [0.3, 0.4) is 0 Å². The van der Waals surface area contributed by atoms with Gasteiger partial charge in [-0.2, -0.15) is 9.97 Å². The Balaban J connectivity index is 1.20. The van der Waals surface area contributed by atoms with Crippen LogP contribution in [-0.4, -0.2) is 95.9 Å². The van der Waals surface area contributed by atoms with E-state index in [-0.39, 0.29) is 41.5 Å². The molecule has 12 heteroatoms. The number of nitrogens with one attached hydrogen (secondary N) is 1. The first-order valence-corrected chi connectivity index (χ1v) is 18.6. The molecule has 274 valence electrons. The highest BCUT2D eigenvalue weighted by atomic mass is 19.1. The molecule has 5 atom stereocenters. The predicted molar refractivity (Wildman–Crippen MR) is 190 cm³/mol. The minimum absolute atomic E-state index is 0.0434. The molecule has 0 amide bonds. The van der Waals surface area contributed by atoms with Crippen molar-refractivity contribution in [3.63, 3.8) is 0 Å². The van der Waals surface area contributed by atoms with Crippen LogP contribution in [0.15, 0.2) is 24.3 Å². The van der Waals surface area contributed by atoms with E-state index in [1.165, 1.54) is 12.1 Å². The van der Waals surface area contributed by atoms with Crippen LogP contribution >= 0.6 is 0 Å². The number of hydrogen-bond donors (Lipinski definition) is 3. The molecule has 0 bridgehead atoms. The molecule has 3 aromatic rings. The molecule has 3 saturated heterocycles. The summed E-state index contributed by atoms with van der Waals surface area (Å²) in [6.07, 6.45) is 8.64. The van der Waals surface area contributed by atoms with Crippen molar-refractivity contribution in [3.8, 4) is 11.8 Å². The molecule has 1 aliphatic carbocycles. The smallest absolute Gasteiger partial charge is 0.319 e. The SMILES string of the molecule is CCc1c(F)ccc2cc(O)cc(C3NC=c4c(N5CCOC[C@@](C)(O)C5)nc(OC[C@]56CCCC5N(CC5CCOC5)CCC6)nc4=C3F)c12. The third-order valence-corrected chi connectivity index (χ3v) is 11.8. The lowest BCUT2D eigenvalue weighted by Crippen LogP contribution is -2.53.